The highest BCUT2D eigenvalue weighted by atomic mass is 32.2. The van der Waals surface area contributed by atoms with Gasteiger partial charge in [0, 0.05) is 12.3 Å². The van der Waals surface area contributed by atoms with Gasteiger partial charge < -0.3 is 10.2 Å². The molecule has 0 aliphatic carbocycles. The Labute approximate surface area is 145 Å². The van der Waals surface area contributed by atoms with Crippen molar-refractivity contribution in [2.24, 2.45) is 5.92 Å². The molecule has 0 spiro atoms. The summed E-state index contributed by atoms with van der Waals surface area (Å²) in [5.41, 5.74) is 2.56. The summed E-state index contributed by atoms with van der Waals surface area (Å²) in [6.07, 6.45) is 3.70. The second kappa shape index (κ2) is 9.99. The van der Waals surface area contributed by atoms with Crippen LogP contribution in [0.3, 0.4) is 0 Å². The van der Waals surface area contributed by atoms with Crippen molar-refractivity contribution in [2.45, 2.75) is 38.9 Å². The number of likely N-dealkylation sites (tertiary alicyclic amines) is 1. The van der Waals surface area contributed by atoms with Crippen LogP contribution < -0.4 is 5.32 Å². The van der Waals surface area contributed by atoms with Crippen LogP contribution in [-0.4, -0.2) is 42.7 Å². The maximum absolute atomic E-state index is 11.8. The van der Waals surface area contributed by atoms with Gasteiger partial charge >= 0.3 is 0 Å². The molecule has 0 aromatic heterocycles. The van der Waals surface area contributed by atoms with Crippen LogP contribution in [0.1, 0.15) is 37.3 Å². The second-order valence-electron chi connectivity index (χ2n) is 6.71. The molecule has 2 rings (SSSR count). The lowest BCUT2D eigenvalue weighted by Gasteiger charge is -2.30. The largest absolute Gasteiger partial charge is 0.355 e. The zero-order valence-corrected chi connectivity index (χ0v) is 15.3. The molecule has 0 radical (unpaired) electrons. The number of carbonyl (C=O) groups excluding carboxylic acids is 1. The standard InChI is InChI=1S/C19H30N2OS/c1-16-4-6-18(7-5-16)14-23-15-19(22)20-10-3-11-21-12-8-17(2)9-13-21/h4-7,17H,3,8-15H2,1-2H3,(H,20,22). The molecule has 1 aromatic rings. The smallest absolute Gasteiger partial charge is 0.230 e. The van der Waals surface area contributed by atoms with E-state index in [1.54, 1.807) is 11.8 Å². The molecule has 1 heterocycles. The monoisotopic (exact) mass is 334 g/mol. The summed E-state index contributed by atoms with van der Waals surface area (Å²) < 4.78 is 0. The minimum atomic E-state index is 0.161. The van der Waals surface area contributed by atoms with Gasteiger partial charge in [-0.05, 0) is 57.3 Å². The van der Waals surface area contributed by atoms with E-state index in [1.807, 2.05) is 0 Å². The molecule has 1 amide bonds. The number of carbonyl (C=O) groups is 1. The molecular formula is C19H30N2OS. The molecule has 3 nitrogen and oxygen atoms in total. The Balaban J connectivity index is 1.49. The van der Waals surface area contributed by atoms with Crippen LogP contribution in [0.4, 0.5) is 0 Å². The summed E-state index contributed by atoms with van der Waals surface area (Å²) in [4.78, 5) is 14.4. The summed E-state index contributed by atoms with van der Waals surface area (Å²) >= 11 is 1.68. The van der Waals surface area contributed by atoms with E-state index in [2.05, 4.69) is 48.3 Å². The lowest BCUT2D eigenvalue weighted by atomic mass is 9.99. The van der Waals surface area contributed by atoms with Gasteiger partial charge in [0.2, 0.25) is 5.91 Å². The fraction of sp³-hybridized carbons (Fsp3) is 0.632. The Morgan fingerprint density at radius 2 is 1.96 bits per heavy atom. The van der Waals surface area contributed by atoms with Crippen molar-refractivity contribution in [3.8, 4) is 0 Å². The van der Waals surface area contributed by atoms with Crippen LogP contribution in [0.2, 0.25) is 0 Å². The van der Waals surface area contributed by atoms with Gasteiger partial charge in [0.05, 0.1) is 5.75 Å². The lowest BCUT2D eigenvalue weighted by Crippen LogP contribution is -2.35. The Bertz CT molecular complexity index is 467. The Hall–Kier alpha value is -1.00. The number of piperidine rings is 1. The third-order valence-corrected chi connectivity index (χ3v) is 5.48. The van der Waals surface area contributed by atoms with E-state index in [-0.39, 0.29) is 5.91 Å². The molecule has 0 saturated carbocycles. The number of hydrogen-bond donors (Lipinski definition) is 1. The molecular weight excluding hydrogens is 304 g/mol. The average Bonchev–Trinajstić information content (AvgIpc) is 2.55. The second-order valence-corrected chi connectivity index (χ2v) is 7.69. The molecule has 1 saturated heterocycles. The first-order valence-corrected chi connectivity index (χ1v) is 9.91. The number of benzene rings is 1. The molecule has 0 atom stereocenters. The fourth-order valence-electron chi connectivity index (χ4n) is 2.81. The van der Waals surface area contributed by atoms with Crippen LogP contribution in [-0.2, 0) is 10.5 Å². The normalized spacial score (nSPS) is 16.4. The van der Waals surface area contributed by atoms with Gasteiger partial charge in [-0.2, -0.15) is 0 Å². The van der Waals surface area contributed by atoms with Crippen molar-refractivity contribution >= 4 is 17.7 Å². The maximum Gasteiger partial charge on any atom is 0.230 e. The Morgan fingerprint density at radius 3 is 2.65 bits per heavy atom. The SMILES string of the molecule is Cc1ccc(CSCC(=O)NCCCN2CCC(C)CC2)cc1. The molecule has 1 N–H and O–H groups in total. The topological polar surface area (TPSA) is 32.3 Å². The van der Waals surface area contributed by atoms with Crippen LogP contribution in [0.5, 0.6) is 0 Å². The molecule has 4 heteroatoms. The van der Waals surface area contributed by atoms with E-state index in [0.717, 1.165) is 31.2 Å². The van der Waals surface area contributed by atoms with Gasteiger partial charge in [-0.15, -0.1) is 11.8 Å². The molecule has 0 unspecified atom stereocenters. The fourth-order valence-corrected chi connectivity index (χ4v) is 3.63. The Kier molecular flexibility index (Phi) is 7.96. The minimum absolute atomic E-state index is 0.161. The van der Waals surface area contributed by atoms with Crippen LogP contribution >= 0.6 is 11.8 Å². The number of rotatable bonds is 8. The first kappa shape index (κ1) is 18.3. The predicted molar refractivity (Wildman–Crippen MR) is 99.8 cm³/mol. The summed E-state index contributed by atoms with van der Waals surface area (Å²) in [5.74, 6) is 2.50. The number of nitrogens with one attached hydrogen (secondary N) is 1. The number of amides is 1. The molecule has 1 aliphatic rings. The minimum Gasteiger partial charge on any atom is -0.355 e. The van der Waals surface area contributed by atoms with Crippen molar-refractivity contribution < 1.29 is 4.79 Å². The summed E-state index contributed by atoms with van der Waals surface area (Å²) in [6.45, 7) is 8.79. The van der Waals surface area contributed by atoms with Gasteiger partial charge in [-0.1, -0.05) is 36.8 Å². The number of aryl methyl sites for hydroxylation is 1. The first-order chi connectivity index (χ1) is 11.1. The third-order valence-electron chi connectivity index (χ3n) is 4.47. The van der Waals surface area contributed by atoms with Crippen LogP contribution in [0, 0.1) is 12.8 Å². The van der Waals surface area contributed by atoms with Crippen LogP contribution in [0.15, 0.2) is 24.3 Å². The number of nitrogens with zero attached hydrogens (tertiary/aromatic N) is 1. The van der Waals surface area contributed by atoms with E-state index in [9.17, 15) is 4.79 Å². The van der Waals surface area contributed by atoms with E-state index in [0.29, 0.717) is 5.75 Å². The van der Waals surface area contributed by atoms with E-state index >= 15 is 0 Å². The zero-order chi connectivity index (χ0) is 16.5. The van der Waals surface area contributed by atoms with E-state index in [4.69, 9.17) is 0 Å². The van der Waals surface area contributed by atoms with Gasteiger partial charge in [-0.3, -0.25) is 4.79 Å². The Morgan fingerprint density at radius 1 is 1.26 bits per heavy atom. The highest BCUT2D eigenvalue weighted by Gasteiger charge is 2.14. The lowest BCUT2D eigenvalue weighted by molar-refractivity contribution is -0.118. The molecule has 1 aliphatic heterocycles. The quantitative estimate of drug-likeness (QED) is 0.739. The summed E-state index contributed by atoms with van der Waals surface area (Å²) in [5, 5.41) is 3.04. The van der Waals surface area contributed by atoms with Crippen LogP contribution in [0.25, 0.3) is 0 Å². The van der Waals surface area contributed by atoms with Crippen molar-refractivity contribution in [2.75, 3.05) is 31.9 Å². The van der Waals surface area contributed by atoms with Crippen molar-refractivity contribution in [1.82, 2.24) is 10.2 Å². The molecule has 23 heavy (non-hydrogen) atoms. The summed E-state index contributed by atoms with van der Waals surface area (Å²) in [7, 11) is 0. The molecule has 128 valence electrons. The van der Waals surface area contributed by atoms with Crippen molar-refractivity contribution in [3.63, 3.8) is 0 Å². The van der Waals surface area contributed by atoms with Crippen molar-refractivity contribution in [1.29, 1.82) is 0 Å². The predicted octanol–water partition coefficient (Wildman–Crippen LogP) is 3.47. The van der Waals surface area contributed by atoms with E-state index < -0.39 is 0 Å². The zero-order valence-electron chi connectivity index (χ0n) is 14.5. The third kappa shape index (κ3) is 7.40. The van der Waals surface area contributed by atoms with Gasteiger partial charge in [0.25, 0.3) is 0 Å². The highest BCUT2D eigenvalue weighted by molar-refractivity contribution is 7.99. The highest BCUT2D eigenvalue weighted by Crippen LogP contribution is 2.15. The number of hydrogen-bond acceptors (Lipinski definition) is 3. The molecule has 1 aromatic carbocycles. The van der Waals surface area contributed by atoms with Gasteiger partial charge in [-0.25, -0.2) is 0 Å². The van der Waals surface area contributed by atoms with Gasteiger partial charge in [0.15, 0.2) is 0 Å². The van der Waals surface area contributed by atoms with Crippen molar-refractivity contribution in [3.05, 3.63) is 35.4 Å². The van der Waals surface area contributed by atoms with E-state index in [1.165, 1.54) is 37.1 Å². The number of thioether (sulfide) groups is 1. The maximum atomic E-state index is 11.8. The van der Waals surface area contributed by atoms with Gasteiger partial charge in [0.1, 0.15) is 0 Å². The molecule has 0 bridgehead atoms. The first-order valence-electron chi connectivity index (χ1n) is 8.76. The molecule has 1 fully saturated rings. The average molecular weight is 335 g/mol. The summed E-state index contributed by atoms with van der Waals surface area (Å²) in [6, 6.07) is 8.52.